The van der Waals surface area contributed by atoms with Crippen LogP contribution in [0, 0.1) is 5.92 Å². The minimum absolute atomic E-state index is 0.218. The Morgan fingerprint density at radius 2 is 1.67 bits per heavy atom. The van der Waals surface area contributed by atoms with Crippen LogP contribution < -0.4 is 9.62 Å². The fraction of sp³-hybridized carbons (Fsp3) is 0.545. The molecule has 2 saturated heterocycles. The molecule has 1 amide bonds. The highest BCUT2D eigenvalue weighted by atomic mass is 32.2. The van der Waals surface area contributed by atoms with E-state index in [0.717, 1.165) is 70.1 Å². The van der Waals surface area contributed by atoms with Crippen molar-refractivity contribution < 1.29 is 22.5 Å². The quantitative estimate of drug-likeness (QED) is 0.317. The SMILES string of the molecule is CC(C)(C)OC(=O)N1CCC(N(CCN2CCC(Cc3nc(-c4ccc(NS(C)(=O)=O)cc4)no3)CC2)c2ccccc2)CC1. The van der Waals surface area contributed by atoms with Crippen LogP contribution in [0.2, 0.25) is 0 Å². The number of para-hydroxylation sites is 1. The van der Waals surface area contributed by atoms with Crippen molar-refractivity contribution in [3.05, 3.63) is 60.5 Å². The first kappa shape index (κ1) is 32.7. The number of rotatable bonds is 10. The van der Waals surface area contributed by atoms with Gasteiger partial charge < -0.3 is 24.0 Å². The Hall–Kier alpha value is -3.64. The van der Waals surface area contributed by atoms with Crippen LogP contribution in [-0.2, 0) is 21.2 Å². The van der Waals surface area contributed by atoms with Gasteiger partial charge in [0.2, 0.25) is 21.7 Å². The number of nitrogens with one attached hydrogen (secondary N) is 1. The predicted octanol–water partition coefficient (Wildman–Crippen LogP) is 5.27. The van der Waals surface area contributed by atoms with Crippen LogP contribution in [0.25, 0.3) is 11.4 Å². The molecule has 2 aliphatic rings. The zero-order valence-electron chi connectivity index (χ0n) is 26.8. The Balaban J connectivity index is 1.10. The van der Waals surface area contributed by atoms with Gasteiger partial charge in [-0.05, 0) is 102 Å². The van der Waals surface area contributed by atoms with Crippen molar-refractivity contribution in [2.45, 2.75) is 64.5 Å². The maximum Gasteiger partial charge on any atom is 0.410 e. The lowest BCUT2D eigenvalue weighted by molar-refractivity contribution is 0.0204. The largest absolute Gasteiger partial charge is 0.444 e. The maximum absolute atomic E-state index is 12.6. The molecule has 3 aromatic rings. The number of aromatic nitrogens is 2. The van der Waals surface area contributed by atoms with E-state index in [1.54, 1.807) is 24.3 Å². The van der Waals surface area contributed by atoms with Gasteiger partial charge in [-0.25, -0.2) is 13.2 Å². The van der Waals surface area contributed by atoms with Crippen LogP contribution in [0.5, 0.6) is 0 Å². The number of likely N-dealkylation sites (tertiary alicyclic amines) is 2. The third-order valence-electron chi connectivity index (χ3n) is 8.39. The zero-order valence-corrected chi connectivity index (χ0v) is 27.6. The predicted molar refractivity (Wildman–Crippen MR) is 176 cm³/mol. The molecule has 0 radical (unpaired) electrons. The first-order chi connectivity index (χ1) is 21.4. The summed E-state index contributed by atoms with van der Waals surface area (Å²) in [4.78, 5) is 24.1. The highest BCUT2D eigenvalue weighted by Crippen LogP contribution is 2.27. The van der Waals surface area contributed by atoms with Crippen molar-refractivity contribution in [1.82, 2.24) is 19.9 Å². The van der Waals surface area contributed by atoms with Gasteiger partial charge in [-0.1, -0.05) is 23.4 Å². The molecule has 5 rings (SSSR count). The number of hydrogen-bond donors (Lipinski definition) is 1. The van der Waals surface area contributed by atoms with Gasteiger partial charge in [0.1, 0.15) is 5.60 Å². The molecule has 12 heteroatoms. The van der Waals surface area contributed by atoms with E-state index in [9.17, 15) is 13.2 Å². The number of carbonyl (C=O) groups excluding carboxylic acids is 1. The maximum atomic E-state index is 12.6. The molecule has 11 nitrogen and oxygen atoms in total. The standard InChI is InChI=1S/C33H46N6O5S/c1-33(2,3)43-32(40)38-20-16-29(17-21-38)39(28-8-6-5-7-9-28)23-22-37-18-14-25(15-19-37)24-30-34-31(35-44-30)26-10-12-27(13-11-26)36-45(4,41)42/h5-13,25,29,36H,14-24H2,1-4H3. The summed E-state index contributed by atoms with van der Waals surface area (Å²) >= 11 is 0. The minimum atomic E-state index is -3.33. The number of benzene rings is 2. The van der Waals surface area contributed by atoms with Crippen LogP contribution in [0.1, 0.15) is 52.3 Å². The second-order valence-electron chi connectivity index (χ2n) is 13.2. The van der Waals surface area contributed by atoms with Crippen molar-refractivity contribution in [2.24, 2.45) is 5.92 Å². The van der Waals surface area contributed by atoms with Gasteiger partial charge in [0.05, 0.1) is 6.26 Å². The molecule has 0 unspecified atom stereocenters. The second-order valence-corrected chi connectivity index (χ2v) is 14.9. The van der Waals surface area contributed by atoms with Crippen molar-refractivity contribution >= 4 is 27.5 Å². The van der Waals surface area contributed by atoms with Crippen molar-refractivity contribution in [1.29, 1.82) is 0 Å². The molecule has 1 aromatic heterocycles. The summed E-state index contributed by atoms with van der Waals surface area (Å²) in [5, 5.41) is 4.15. The van der Waals surface area contributed by atoms with Gasteiger partial charge in [0.15, 0.2) is 0 Å². The number of nitrogens with zero attached hydrogens (tertiary/aromatic N) is 5. The fourth-order valence-corrected chi connectivity index (χ4v) is 6.66. The molecule has 0 spiro atoms. The van der Waals surface area contributed by atoms with Crippen molar-refractivity contribution in [3.63, 3.8) is 0 Å². The average Bonchev–Trinajstić information content (AvgIpc) is 3.46. The molecule has 2 aliphatic heterocycles. The summed E-state index contributed by atoms with van der Waals surface area (Å²) < 4.78 is 36.5. The summed E-state index contributed by atoms with van der Waals surface area (Å²) in [5.74, 6) is 1.62. The minimum Gasteiger partial charge on any atom is -0.444 e. The van der Waals surface area contributed by atoms with E-state index in [0.29, 0.717) is 42.5 Å². The third-order valence-corrected chi connectivity index (χ3v) is 8.99. The van der Waals surface area contributed by atoms with Crippen LogP contribution in [0.15, 0.2) is 59.1 Å². The summed E-state index contributed by atoms with van der Waals surface area (Å²) in [6, 6.07) is 17.9. The lowest BCUT2D eigenvalue weighted by Gasteiger charge is -2.41. The number of carbonyl (C=O) groups is 1. The molecule has 45 heavy (non-hydrogen) atoms. The molecule has 0 saturated carbocycles. The van der Waals surface area contributed by atoms with Gasteiger partial charge in [-0.15, -0.1) is 0 Å². The number of anilines is 2. The molecule has 2 aromatic carbocycles. The summed E-state index contributed by atoms with van der Waals surface area (Å²) in [7, 11) is -3.33. The van der Waals surface area contributed by atoms with Gasteiger partial charge >= 0.3 is 6.09 Å². The number of piperidine rings is 2. The molecule has 1 N–H and O–H groups in total. The number of hydrogen-bond acceptors (Lipinski definition) is 9. The third kappa shape index (κ3) is 9.67. The second kappa shape index (κ2) is 14.2. The van der Waals surface area contributed by atoms with E-state index in [1.165, 1.54) is 5.69 Å². The van der Waals surface area contributed by atoms with E-state index in [1.807, 2.05) is 25.7 Å². The summed E-state index contributed by atoms with van der Waals surface area (Å²) in [5.41, 5.74) is 2.02. The first-order valence-corrected chi connectivity index (χ1v) is 17.7. The molecule has 3 heterocycles. The fourth-order valence-electron chi connectivity index (χ4n) is 6.10. The molecule has 2 fully saturated rings. The summed E-state index contributed by atoms with van der Waals surface area (Å²) in [6.07, 6.45) is 5.64. The molecular weight excluding hydrogens is 592 g/mol. The van der Waals surface area contributed by atoms with Crippen LogP contribution in [0.3, 0.4) is 0 Å². The topological polar surface area (TPSA) is 121 Å². The van der Waals surface area contributed by atoms with Crippen LogP contribution in [-0.4, -0.2) is 91.6 Å². The lowest BCUT2D eigenvalue weighted by Crippen LogP contribution is -2.50. The average molecular weight is 639 g/mol. The highest BCUT2D eigenvalue weighted by Gasteiger charge is 2.30. The molecule has 0 atom stereocenters. The molecule has 0 bridgehead atoms. The molecular formula is C33H46N6O5S. The smallest absolute Gasteiger partial charge is 0.410 e. The van der Waals surface area contributed by atoms with E-state index in [2.05, 4.69) is 55.0 Å². The lowest BCUT2D eigenvalue weighted by atomic mass is 9.93. The van der Waals surface area contributed by atoms with Gasteiger partial charge in [0.25, 0.3) is 0 Å². The highest BCUT2D eigenvalue weighted by molar-refractivity contribution is 7.92. The Bertz CT molecular complexity index is 1490. The molecule has 244 valence electrons. The van der Waals surface area contributed by atoms with Gasteiger partial charge in [-0.3, -0.25) is 4.72 Å². The van der Waals surface area contributed by atoms with E-state index in [4.69, 9.17) is 9.26 Å². The Kier molecular flexibility index (Phi) is 10.3. The Labute approximate surface area is 267 Å². The Morgan fingerprint density at radius 3 is 2.29 bits per heavy atom. The monoisotopic (exact) mass is 638 g/mol. The van der Waals surface area contributed by atoms with Crippen molar-refractivity contribution in [3.8, 4) is 11.4 Å². The first-order valence-electron chi connectivity index (χ1n) is 15.8. The van der Waals surface area contributed by atoms with E-state index >= 15 is 0 Å². The number of amides is 1. The van der Waals surface area contributed by atoms with Crippen LogP contribution in [0.4, 0.5) is 16.2 Å². The number of sulfonamides is 1. The van der Waals surface area contributed by atoms with Crippen molar-refractivity contribution in [2.75, 3.05) is 55.1 Å². The van der Waals surface area contributed by atoms with Gasteiger partial charge in [-0.2, -0.15) is 4.98 Å². The van der Waals surface area contributed by atoms with E-state index in [-0.39, 0.29) is 6.09 Å². The molecule has 0 aliphatic carbocycles. The number of ether oxygens (including phenoxy) is 1. The van der Waals surface area contributed by atoms with Gasteiger partial charge in [0, 0.05) is 55.6 Å². The van der Waals surface area contributed by atoms with Crippen LogP contribution >= 0.6 is 0 Å². The normalized spacial score (nSPS) is 17.3. The summed E-state index contributed by atoms with van der Waals surface area (Å²) in [6.45, 7) is 11.1. The Morgan fingerprint density at radius 1 is 1.00 bits per heavy atom. The zero-order chi connectivity index (χ0) is 32.0. The van der Waals surface area contributed by atoms with E-state index < -0.39 is 15.6 Å².